The normalized spacial score (nSPS) is 12.3. The zero-order valence-corrected chi connectivity index (χ0v) is 18.3. The van der Waals surface area contributed by atoms with Crippen molar-refractivity contribution in [3.63, 3.8) is 0 Å². The molecule has 0 aliphatic rings. The monoisotopic (exact) mass is 382 g/mol. The topological polar surface area (TPSA) is 76.2 Å². The minimum absolute atomic E-state index is 0.0191. The number of rotatable bonds is 5. The highest BCUT2D eigenvalue weighted by molar-refractivity contribution is 5.98. The molecule has 3 N–H and O–H groups in total. The zero-order valence-electron chi connectivity index (χ0n) is 18.3. The molecule has 0 spiro atoms. The lowest BCUT2D eigenvalue weighted by Crippen LogP contribution is -2.22. The molecular weight excluding hydrogens is 348 g/mol. The number of nitrogens with zero attached hydrogens (tertiary/aromatic N) is 1. The molecule has 28 heavy (non-hydrogen) atoms. The van der Waals surface area contributed by atoms with Crippen molar-refractivity contribution in [1.29, 1.82) is 0 Å². The molecule has 0 bridgehead atoms. The van der Waals surface area contributed by atoms with Gasteiger partial charge in [-0.25, -0.2) is 4.79 Å². The van der Waals surface area contributed by atoms with Crippen molar-refractivity contribution < 1.29 is 9.90 Å². The van der Waals surface area contributed by atoms with Gasteiger partial charge in [-0.2, -0.15) is 0 Å². The summed E-state index contributed by atoms with van der Waals surface area (Å²) in [5.41, 5.74) is 11.5. The molecule has 0 amide bonds. The number of pyridine rings is 1. The van der Waals surface area contributed by atoms with Gasteiger partial charge in [0, 0.05) is 17.8 Å². The van der Waals surface area contributed by atoms with Crippen molar-refractivity contribution in [2.24, 2.45) is 16.6 Å². The van der Waals surface area contributed by atoms with Gasteiger partial charge >= 0.3 is 5.97 Å². The first-order chi connectivity index (χ1) is 12.8. The summed E-state index contributed by atoms with van der Waals surface area (Å²) in [7, 11) is 0. The van der Waals surface area contributed by atoms with Crippen molar-refractivity contribution in [1.82, 2.24) is 4.98 Å². The molecule has 0 radical (unpaired) electrons. The van der Waals surface area contributed by atoms with E-state index in [4.69, 9.17) is 10.7 Å². The molecular formula is C24H34N2O2. The summed E-state index contributed by atoms with van der Waals surface area (Å²) in [6.07, 6.45) is 1.34. The number of aromatic nitrogens is 1. The number of carboxylic acid groups (broad SMARTS) is 1. The van der Waals surface area contributed by atoms with Crippen LogP contribution in [0.15, 0.2) is 24.3 Å². The summed E-state index contributed by atoms with van der Waals surface area (Å²) in [5, 5.41) is 10.1. The number of carbonyl (C=O) groups is 1. The first-order valence-electron chi connectivity index (χ1n) is 9.87. The highest BCUT2D eigenvalue weighted by atomic mass is 16.4. The van der Waals surface area contributed by atoms with Gasteiger partial charge < -0.3 is 10.8 Å². The van der Waals surface area contributed by atoms with E-state index in [1.165, 1.54) is 0 Å². The van der Waals surface area contributed by atoms with E-state index in [-0.39, 0.29) is 22.9 Å². The highest BCUT2D eigenvalue weighted by Gasteiger charge is 2.28. The molecule has 1 heterocycles. The fourth-order valence-corrected chi connectivity index (χ4v) is 3.49. The van der Waals surface area contributed by atoms with E-state index in [9.17, 15) is 9.90 Å². The quantitative estimate of drug-likeness (QED) is 0.727. The van der Waals surface area contributed by atoms with Crippen molar-refractivity contribution in [3.8, 4) is 11.1 Å². The maximum absolute atomic E-state index is 12.4. The van der Waals surface area contributed by atoms with E-state index in [1.54, 1.807) is 0 Å². The summed E-state index contributed by atoms with van der Waals surface area (Å²) in [6, 6.07) is 7.99. The van der Waals surface area contributed by atoms with Gasteiger partial charge in [0.15, 0.2) is 0 Å². The molecule has 1 aromatic heterocycles. The number of benzene rings is 1. The Bertz CT molecular complexity index is 854. The molecule has 4 heteroatoms. The average Bonchev–Trinajstić information content (AvgIpc) is 2.51. The second kappa shape index (κ2) is 8.04. The van der Waals surface area contributed by atoms with Crippen LogP contribution in [-0.4, -0.2) is 16.1 Å². The molecule has 0 aliphatic carbocycles. The van der Waals surface area contributed by atoms with Gasteiger partial charge in [0.05, 0.1) is 11.3 Å². The summed E-state index contributed by atoms with van der Waals surface area (Å²) >= 11 is 0. The lowest BCUT2D eigenvalue weighted by atomic mass is 9.82. The lowest BCUT2D eigenvalue weighted by molar-refractivity contribution is 0.0695. The summed E-state index contributed by atoms with van der Waals surface area (Å²) in [5.74, 6) is -0.945. The third kappa shape index (κ3) is 5.41. The Kier molecular flexibility index (Phi) is 6.34. The van der Waals surface area contributed by atoms with Crippen molar-refractivity contribution in [2.45, 2.75) is 67.9 Å². The number of hydrogen-bond donors (Lipinski definition) is 2. The third-order valence-corrected chi connectivity index (χ3v) is 4.61. The molecule has 0 saturated heterocycles. The summed E-state index contributed by atoms with van der Waals surface area (Å²) in [6.45, 7) is 15.1. The largest absolute Gasteiger partial charge is 0.478 e. The summed E-state index contributed by atoms with van der Waals surface area (Å²) in [4.78, 5) is 17.2. The average molecular weight is 383 g/mol. The molecule has 0 atom stereocenters. The van der Waals surface area contributed by atoms with E-state index < -0.39 is 5.97 Å². The maximum Gasteiger partial charge on any atom is 0.338 e. The van der Waals surface area contributed by atoms with Crippen LogP contribution in [-0.2, 0) is 19.4 Å². The Hall–Kier alpha value is -2.20. The Morgan fingerprint density at radius 1 is 0.964 bits per heavy atom. The Morgan fingerprint density at radius 2 is 1.46 bits per heavy atom. The van der Waals surface area contributed by atoms with Crippen LogP contribution in [0.5, 0.6) is 0 Å². The third-order valence-electron chi connectivity index (χ3n) is 4.61. The predicted octanol–water partition coefficient (Wildman–Crippen LogP) is 5.39. The molecule has 1 aromatic carbocycles. The van der Waals surface area contributed by atoms with Crippen LogP contribution in [0.3, 0.4) is 0 Å². The van der Waals surface area contributed by atoms with Gasteiger partial charge in [-0.05, 0) is 41.7 Å². The standard InChI is InChI=1S/C24H34N2O2/c1-15-8-10-16(11-9-15)20-17(14-25)18(12-23(2,3)4)26-19(13-24(5,6)7)21(20)22(27)28/h8-11H,12-14,25H2,1-7H3,(H,27,28). The van der Waals surface area contributed by atoms with Crippen LogP contribution >= 0.6 is 0 Å². The Morgan fingerprint density at radius 3 is 1.89 bits per heavy atom. The van der Waals surface area contributed by atoms with E-state index in [2.05, 4.69) is 41.5 Å². The smallest absolute Gasteiger partial charge is 0.338 e. The maximum atomic E-state index is 12.4. The second-order valence-electron chi connectivity index (χ2n) is 10.1. The number of aromatic carboxylic acids is 1. The second-order valence-corrected chi connectivity index (χ2v) is 10.1. The first kappa shape index (κ1) is 22.1. The van der Waals surface area contributed by atoms with Crippen LogP contribution in [0.25, 0.3) is 11.1 Å². The zero-order chi connectivity index (χ0) is 21.3. The Labute approximate surface area is 169 Å². The number of hydrogen-bond acceptors (Lipinski definition) is 3. The van der Waals surface area contributed by atoms with Crippen LogP contribution in [0.4, 0.5) is 0 Å². The minimum atomic E-state index is -0.945. The molecule has 0 aliphatic heterocycles. The number of carboxylic acids is 1. The van der Waals surface area contributed by atoms with Gasteiger partial charge in [0.1, 0.15) is 0 Å². The van der Waals surface area contributed by atoms with Crippen LogP contribution in [0.2, 0.25) is 0 Å². The SMILES string of the molecule is Cc1ccc(-c2c(CN)c(CC(C)(C)C)nc(CC(C)(C)C)c2C(=O)O)cc1. The van der Waals surface area contributed by atoms with Crippen LogP contribution in [0, 0.1) is 17.8 Å². The number of nitrogens with two attached hydrogens (primary N) is 1. The van der Waals surface area contributed by atoms with E-state index in [0.29, 0.717) is 12.1 Å². The van der Waals surface area contributed by atoms with E-state index in [1.807, 2.05) is 31.2 Å². The predicted molar refractivity (Wildman–Crippen MR) is 116 cm³/mol. The first-order valence-corrected chi connectivity index (χ1v) is 9.87. The lowest BCUT2D eigenvalue weighted by Gasteiger charge is -2.26. The summed E-state index contributed by atoms with van der Waals surface area (Å²) < 4.78 is 0. The van der Waals surface area contributed by atoms with Crippen molar-refractivity contribution >= 4 is 5.97 Å². The molecule has 0 fully saturated rings. The van der Waals surface area contributed by atoms with Crippen LogP contribution < -0.4 is 5.73 Å². The van der Waals surface area contributed by atoms with Crippen molar-refractivity contribution in [3.05, 3.63) is 52.3 Å². The molecule has 4 nitrogen and oxygen atoms in total. The Balaban J connectivity index is 2.90. The van der Waals surface area contributed by atoms with Gasteiger partial charge in [0.25, 0.3) is 0 Å². The van der Waals surface area contributed by atoms with Gasteiger partial charge in [-0.3, -0.25) is 4.98 Å². The van der Waals surface area contributed by atoms with Crippen molar-refractivity contribution in [2.75, 3.05) is 0 Å². The molecule has 0 unspecified atom stereocenters. The molecule has 2 aromatic rings. The van der Waals surface area contributed by atoms with Gasteiger partial charge in [-0.15, -0.1) is 0 Å². The molecule has 2 rings (SSSR count). The minimum Gasteiger partial charge on any atom is -0.478 e. The van der Waals surface area contributed by atoms with Gasteiger partial charge in [-0.1, -0.05) is 71.4 Å². The van der Waals surface area contributed by atoms with Crippen LogP contribution in [0.1, 0.15) is 74.4 Å². The van der Waals surface area contributed by atoms with E-state index in [0.717, 1.165) is 34.4 Å². The molecule has 0 saturated carbocycles. The highest BCUT2D eigenvalue weighted by Crippen LogP contribution is 2.36. The fraction of sp³-hybridized carbons (Fsp3) is 0.500. The van der Waals surface area contributed by atoms with Gasteiger partial charge in [0.2, 0.25) is 0 Å². The fourth-order valence-electron chi connectivity index (χ4n) is 3.49. The number of aryl methyl sites for hydroxylation is 1. The molecule has 152 valence electrons. The van der Waals surface area contributed by atoms with E-state index >= 15 is 0 Å².